The Balaban J connectivity index is 2.26. The van der Waals surface area contributed by atoms with Crippen molar-refractivity contribution in [2.45, 2.75) is 0 Å². The lowest BCUT2D eigenvalue weighted by molar-refractivity contribution is 0.0979. The number of carbonyl (C=O) groups excluding carboxylic acids is 2. The van der Waals surface area contributed by atoms with E-state index in [0.717, 1.165) is 0 Å². The number of benzene rings is 2. The number of hydrogen-bond donors (Lipinski definition) is 1. The van der Waals surface area contributed by atoms with Gasteiger partial charge >= 0.3 is 0 Å². The molecule has 0 saturated heterocycles. The molecule has 2 aromatic rings. The molecule has 1 aliphatic rings. The molecule has 3 rings (SSSR count). The van der Waals surface area contributed by atoms with Crippen LogP contribution in [0.3, 0.4) is 0 Å². The molecule has 0 amide bonds. The van der Waals surface area contributed by atoms with Crippen LogP contribution in [0.4, 0.5) is 5.69 Å². The van der Waals surface area contributed by atoms with Gasteiger partial charge in [0.25, 0.3) is 0 Å². The number of fused-ring (bicyclic) bond motifs is 2. The fraction of sp³-hybridized carbons (Fsp3) is 0.0625. The van der Waals surface area contributed by atoms with E-state index in [4.69, 9.17) is 0 Å². The van der Waals surface area contributed by atoms with E-state index in [0.29, 0.717) is 22.4 Å². The topological polar surface area (TPSA) is 63.2 Å². The van der Waals surface area contributed by atoms with Crippen molar-refractivity contribution in [3.05, 3.63) is 64.7 Å². The zero-order chi connectivity index (χ0) is 15.2. The Morgan fingerprint density at radius 3 is 2.10 bits per heavy atom. The van der Waals surface area contributed by atoms with Crippen molar-refractivity contribution >= 4 is 32.8 Å². The summed E-state index contributed by atoms with van der Waals surface area (Å²) in [6.07, 6.45) is 1.44. The van der Waals surface area contributed by atoms with Crippen LogP contribution >= 0.6 is 0 Å². The molecule has 0 bridgehead atoms. The predicted molar refractivity (Wildman–Crippen MR) is 84.6 cm³/mol. The maximum Gasteiger partial charge on any atom is 0.196 e. The molecule has 1 atom stereocenters. The van der Waals surface area contributed by atoms with Gasteiger partial charge in [0.2, 0.25) is 0 Å². The first-order valence-corrected chi connectivity index (χ1v) is 8.43. The highest BCUT2D eigenvalue weighted by atomic mass is 32.2. The summed E-state index contributed by atoms with van der Waals surface area (Å²) in [6.45, 7) is 0. The SMILES string of the molecule is C=S(C)(=O)Nc1cccc2c1C(=O)c1ccccc1C2=O. The second kappa shape index (κ2) is 4.56. The van der Waals surface area contributed by atoms with Crippen molar-refractivity contribution < 1.29 is 13.8 Å². The molecule has 1 N–H and O–H groups in total. The van der Waals surface area contributed by atoms with Gasteiger partial charge < -0.3 is 4.72 Å². The highest BCUT2D eigenvalue weighted by Crippen LogP contribution is 2.32. The van der Waals surface area contributed by atoms with Gasteiger partial charge in [-0.05, 0) is 11.9 Å². The molecule has 0 radical (unpaired) electrons. The highest BCUT2D eigenvalue weighted by molar-refractivity contribution is 8.00. The maximum atomic E-state index is 12.7. The minimum atomic E-state index is -2.54. The summed E-state index contributed by atoms with van der Waals surface area (Å²) in [5.74, 6) is 3.08. The number of anilines is 1. The van der Waals surface area contributed by atoms with Crippen LogP contribution in [-0.4, -0.2) is 27.9 Å². The summed E-state index contributed by atoms with van der Waals surface area (Å²) in [4.78, 5) is 25.2. The molecule has 0 saturated carbocycles. The normalized spacial score (nSPS) is 15.9. The lowest BCUT2D eigenvalue weighted by Crippen LogP contribution is -2.23. The van der Waals surface area contributed by atoms with E-state index >= 15 is 0 Å². The molecule has 1 unspecified atom stereocenters. The van der Waals surface area contributed by atoms with Crippen LogP contribution in [0.2, 0.25) is 0 Å². The Hall–Kier alpha value is -2.40. The van der Waals surface area contributed by atoms with Gasteiger partial charge in [0, 0.05) is 32.7 Å². The van der Waals surface area contributed by atoms with Crippen LogP contribution in [0, 0.1) is 0 Å². The van der Waals surface area contributed by atoms with Crippen molar-refractivity contribution in [3.8, 4) is 0 Å². The number of nitrogens with one attached hydrogen (secondary N) is 1. The van der Waals surface area contributed by atoms with E-state index in [9.17, 15) is 13.8 Å². The summed E-state index contributed by atoms with van der Waals surface area (Å²) < 4.78 is 14.6. The van der Waals surface area contributed by atoms with E-state index in [1.54, 1.807) is 42.5 Å². The molecule has 4 nitrogen and oxygen atoms in total. The van der Waals surface area contributed by atoms with Gasteiger partial charge in [-0.1, -0.05) is 36.4 Å². The fourth-order valence-corrected chi connectivity index (χ4v) is 3.10. The van der Waals surface area contributed by atoms with Gasteiger partial charge in [-0.3, -0.25) is 9.59 Å². The van der Waals surface area contributed by atoms with E-state index in [1.807, 2.05) is 0 Å². The zero-order valence-electron chi connectivity index (χ0n) is 11.4. The molecular formula is C16H13NO3S. The van der Waals surface area contributed by atoms with Gasteiger partial charge in [0.15, 0.2) is 11.6 Å². The van der Waals surface area contributed by atoms with Gasteiger partial charge in [0.05, 0.1) is 11.3 Å². The fourth-order valence-electron chi connectivity index (χ4n) is 2.46. The first kappa shape index (κ1) is 13.6. The van der Waals surface area contributed by atoms with Crippen LogP contribution in [0.15, 0.2) is 42.5 Å². The molecule has 5 heteroatoms. The van der Waals surface area contributed by atoms with E-state index < -0.39 is 9.71 Å². The van der Waals surface area contributed by atoms with Gasteiger partial charge in [-0.2, -0.15) is 0 Å². The Morgan fingerprint density at radius 2 is 1.48 bits per heavy atom. The molecule has 0 fully saturated rings. The summed E-state index contributed by atoms with van der Waals surface area (Å²) in [5.41, 5.74) is 1.74. The molecule has 0 heterocycles. The third-order valence-electron chi connectivity index (χ3n) is 3.28. The minimum Gasteiger partial charge on any atom is -0.312 e. The molecule has 106 valence electrons. The smallest absolute Gasteiger partial charge is 0.196 e. The van der Waals surface area contributed by atoms with E-state index in [2.05, 4.69) is 10.6 Å². The number of ketones is 2. The van der Waals surface area contributed by atoms with Crippen LogP contribution in [0.1, 0.15) is 31.8 Å². The summed E-state index contributed by atoms with van der Waals surface area (Å²) in [5, 5.41) is 0. The summed E-state index contributed by atoms with van der Waals surface area (Å²) >= 11 is 0. The molecule has 0 spiro atoms. The van der Waals surface area contributed by atoms with Crippen molar-refractivity contribution in [2.24, 2.45) is 0 Å². The van der Waals surface area contributed by atoms with Crippen LogP contribution in [0.25, 0.3) is 0 Å². The monoisotopic (exact) mass is 299 g/mol. The Kier molecular flexibility index (Phi) is 2.95. The van der Waals surface area contributed by atoms with Crippen molar-refractivity contribution in [3.63, 3.8) is 0 Å². The standard InChI is InChI=1S/C16H13NO3S/c1-21(2,20)17-13-9-5-8-12-14(13)16(19)11-7-4-3-6-10(11)15(12)18/h3-9H,1H2,2H3,(H,17,20). The maximum absolute atomic E-state index is 12.7. The van der Waals surface area contributed by atoms with Crippen LogP contribution < -0.4 is 4.72 Å². The number of carbonyl (C=O) groups is 2. The lowest BCUT2D eigenvalue weighted by atomic mass is 9.83. The van der Waals surface area contributed by atoms with Crippen molar-refractivity contribution in [1.29, 1.82) is 0 Å². The summed E-state index contributed by atoms with van der Waals surface area (Å²) in [6, 6.07) is 11.6. The Labute approximate surface area is 122 Å². The van der Waals surface area contributed by atoms with Gasteiger partial charge in [0.1, 0.15) is 0 Å². The van der Waals surface area contributed by atoms with Crippen molar-refractivity contribution in [2.75, 3.05) is 11.0 Å². The molecule has 0 aromatic heterocycles. The van der Waals surface area contributed by atoms with Crippen LogP contribution in [-0.2, 0) is 9.71 Å². The molecule has 2 aromatic carbocycles. The third kappa shape index (κ3) is 2.25. The average molecular weight is 299 g/mol. The van der Waals surface area contributed by atoms with E-state index in [1.165, 1.54) is 6.26 Å². The van der Waals surface area contributed by atoms with Crippen LogP contribution in [0.5, 0.6) is 0 Å². The summed E-state index contributed by atoms with van der Waals surface area (Å²) in [7, 11) is -2.54. The minimum absolute atomic E-state index is 0.199. The first-order valence-electron chi connectivity index (χ1n) is 6.30. The third-order valence-corrected chi connectivity index (χ3v) is 3.93. The Bertz CT molecular complexity index is 882. The highest BCUT2D eigenvalue weighted by Gasteiger charge is 2.31. The average Bonchev–Trinajstić information content (AvgIpc) is 2.43. The molecule has 21 heavy (non-hydrogen) atoms. The predicted octanol–water partition coefficient (Wildman–Crippen LogP) is 2.14. The molecule has 0 aliphatic heterocycles. The second-order valence-corrected chi connectivity index (χ2v) is 7.25. The second-order valence-electron chi connectivity index (χ2n) is 5.04. The number of hydrogen-bond acceptors (Lipinski definition) is 3. The first-order chi connectivity index (χ1) is 9.88. The molecule has 1 aliphatic carbocycles. The Morgan fingerprint density at radius 1 is 0.905 bits per heavy atom. The quantitative estimate of drug-likeness (QED) is 0.737. The largest absolute Gasteiger partial charge is 0.312 e. The number of rotatable bonds is 2. The lowest BCUT2D eigenvalue weighted by Gasteiger charge is -2.20. The van der Waals surface area contributed by atoms with Crippen molar-refractivity contribution in [1.82, 2.24) is 0 Å². The molecular weight excluding hydrogens is 286 g/mol. The van der Waals surface area contributed by atoms with Gasteiger partial charge in [-0.15, -0.1) is 0 Å². The van der Waals surface area contributed by atoms with E-state index in [-0.39, 0.29) is 17.1 Å². The zero-order valence-corrected chi connectivity index (χ0v) is 12.2. The van der Waals surface area contributed by atoms with Gasteiger partial charge in [-0.25, -0.2) is 4.21 Å².